The number of benzene rings is 2. The fraction of sp³-hybridized carbons (Fsp3) is 0.353. The van der Waals surface area contributed by atoms with E-state index in [9.17, 15) is 19.2 Å². The Bertz CT molecular complexity index is 1900. The van der Waals surface area contributed by atoms with Crippen LogP contribution in [0, 0.1) is 0 Å². The zero-order valence-corrected chi connectivity index (χ0v) is 33.0. The smallest absolute Gasteiger partial charge is 0.413 e. The van der Waals surface area contributed by atoms with Gasteiger partial charge in [0.25, 0.3) is 5.91 Å². The number of oxime groups is 1. The van der Waals surface area contributed by atoms with Gasteiger partial charge in [-0.15, -0.1) is 45.1 Å². The van der Waals surface area contributed by atoms with Gasteiger partial charge in [0, 0.05) is 22.8 Å². The Morgan fingerprint density at radius 3 is 2.40 bits per heavy atom. The van der Waals surface area contributed by atoms with Crippen molar-refractivity contribution in [1.82, 2.24) is 25.4 Å². The lowest BCUT2D eigenvalue weighted by atomic mass is 10.00. The Labute approximate surface area is 326 Å². The zero-order chi connectivity index (χ0) is 37.6. The average molecular weight is 814 g/mol. The molecule has 0 bridgehead atoms. The van der Waals surface area contributed by atoms with Crippen LogP contribution in [0.25, 0.3) is 0 Å². The minimum atomic E-state index is -1.12. The number of carbonyl (C=O) groups excluding carboxylic acids is 4. The molecule has 0 spiro atoms. The SMILES string of the molecule is CO/N=C(\C(=O)NC1C(=O)N2CC(SCSc3nncs3)(C(=O)OC(c3ccccc3)c3ccccc3)CS[C@H]12)c1csc(NC(=O)OC(C)(C)C)n1. The van der Waals surface area contributed by atoms with Gasteiger partial charge in [-0.3, -0.25) is 19.7 Å². The van der Waals surface area contributed by atoms with Gasteiger partial charge in [0.1, 0.15) is 40.1 Å². The summed E-state index contributed by atoms with van der Waals surface area (Å²) < 4.78 is 11.3. The number of hydrogen-bond acceptors (Lipinski definition) is 16. The number of carbonyl (C=O) groups is 4. The molecule has 2 saturated heterocycles. The van der Waals surface area contributed by atoms with E-state index in [1.165, 1.54) is 59.1 Å². The summed E-state index contributed by atoms with van der Waals surface area (Å²) in [6.07, 6.45) is -1.36. The van der Waals surface area contributed by atoms with Crippen LogP contribution in [0.1, 0.15) is 43.7 Å². The number of rotatable bonds is 13. The van der Waals surface area contributed by atoms with E-state index in [1.807, 2.05) is 60.7 Å². The van der Waals surface area contributed by atoms with E-state index in [-0.39, 0.29) is 29.0 Å². The molecule has 2 aliphatic rings. The van der Waals surface area contributed by atoms with E-state index in [0.29, 0.717) is 10.8 Å². The van der Waals surface area contributed by atoms with E-state index in [0.717, 1.165) is 26.8 Å². The number of thiazole rings is 1. The van der Waals surface area contributed by atoms with Crippen LogP contribution in [-0.4, -0.2) is 95.9 Å². The highest BCUT2D eigenvalue weighted by atomic mass is 32.2. The number of nitrogens with zero attached hydrogens (tertiary/aromatic N) is 5. The average Bonchev–Trinajstić information content (AvgIpc) is 3.84. The van der Waals surface area contributed by atoms with Gasteiger partial charge in [0.2, 0.25) is 5.91 Å². The minimum Gasteiger partial charge on any atom is -0.451 e. The summed E-state index contributed by atoms with van der Waals surface area (Å²) in [4.78, 5) is 64.7. The van der Waals surface area contributed by atoms with Crippen molar-refractivity contribution in [2.24, 2.45) is 5.16 Å². The Kier molecular flexibility index (Phi) is 12.3. The highest BCUT2D eigenvalue weighted by Crippen LogP contribution is 2.47. The van der Waals surface area contributed by atoms with Crippen molar-refractivity contribution in [3.63, 3.8) is 0 Å². The van der Waals surface area contributed by atoms with Gasteiger partial charge >= 0.3 is 12.1 Å². The number of β-lactam (4-membered cyclic amide) rings is 1. The van der Waals surface area contributed by atoms with Gasteiger partial charge < -0.3 is 24.5 Å². The first-order valence-corrected chi connectivity index (χ1v) is 20.9. The Hall–Kier alpha value is -4.17. The summed E-state index contributed by atoms with van der Waals surface area (Å²) in [5.41, 5.74) is 2.53. The fourth-order valence-electron chi connectivity index (χ4n) is 5.37. The number of thioether (sulfide) groups is 3. The quantitative estimate of drug-likeness (QED) is 0.0424. The molecule has 3 atom stereocenters. The third-order valence-corrected chi connectivity index (χ3v) is 13.6. The summed E-state index contributed by atoms with van der Waals surface area (Å²) in [5, 5.41) is 18.9. The molecule has 4 heterocycles. The lowest BCUT2D eigenvalue weighted by molar-refractivity contribution is -0.155. The Morgan fingerprint density at radius 2 is 1.77 bits per heavy atom. The van der Waals surface area contributed by atoms with Crippen LogP contribution < -0.4 is 10.6 Å². The molecule has 2 unspecified atom stereocenters. The molecule has 0 saturated carbocycles. The molecule has 2 N–H and O–H groups in total. The summed E-state index contributed by atoms with van der Waals surface area (Å²) in [5.74, 6) is -1.17. The number of esters is 1. The van der Waals surface area contributed by atoms with E-state index < -0.39 is 45.8 Å². The molecule has 2 aromatic heterocycles. The molecule has 0 aliphatic carbocycles. The van der Waals surface area contributed by atoms with Gasteiger partial charge in [-0.05, 0) is 31.9 Å². The first-order valence-electron chi connectivity index (χ1n) is 16.1. The molecule has 6 rings (SSSR count). The summed E-state index contributed by atoms with van der Waals surface area (Å²) >= 11 is 6.73. The summed E-state index contributed by atoms with van der Waals surface area (Å²) in [6, 6.07) is 18.2. The zero-order valence-electron chi connectivity index (χ0n) is 28.9. The number of anilines is 1. The first-order chi connectivity index (χ1) is 25.5. The second kappa shape index (κ2) is 16.9. The van der Waals surface area contributed by atoms with E-state index in [1.54, 1.807) is 31.2 Å². The van der Waals surface area contributed by atoms with Crippen molar-refractivity contribution in [3.8, 4) is 0 Å². The maximum atomic E-state index is 14.4. The van der Waals surface area contributed by atoms with Crippen LogP contribution >= 0.6 is 58.0 Å². The predicted molar refractivity (Wildman–Crippen MR) is 207 cm³/mol. The topological polar surface area (TPSA) is 174 Å². The maximum absolute atomic E-state index is 14.4. The largest absolute Gasteiger partial charge is 0.451 e. The van der Waals surface area contributed by atoms with Gasteiger partial charge in [0.05, 0.1) is 0 Å². The molecule has 0 radical (unpaired) electrons. The second-order valence-corrected chi connectivity index (χ2v) is 18.4. The minimum absolute atomic E-state index is 0.0805. The van der Waals surface area contributed by atoms with Crippen LogP contribution in [0.15, 0.2) is 81.0 Å². The number of fused-ring (bicyclic) bond motifs is 1. The summed E-state index contributed by atoms with van der Waals surface area (Å²) in [7, 11) is 1.28. The molecule has 2 aliphatic heterocycles. The molecule has 3 amide bonds. The Morgan fingerprint density at radius 1 is 1.08 bits per heavy atom. The van der Waals surface area contributed by atoms with Crippen molar-refractivity contribution in [1.29, 1.82) is 0 Å². The normalized spacial score (nSPS) is 19.9. The van der Waals surface area contributed by atoms with Crippen LogP contribution in [-0.2, 0) is 28.7 Å². The molecular formula is C34H35N7O7S5. The van der Waals surface area contributed by atoms with Crippen molar-refractivity contribution in [2.45, 2.75) is 53.0 Å². The highest BCUT2D eigenvalue weighted by Gasteiger charge is 2.58. The number of hydrogen-bond donors (Lipinski definition) is 2. The molecule has 19 heteroatoms. The highest BCUT2D eigenvalue weighted by molar-refractivity contribution is 8.18. The maximum Gasteiger partial charge on any atom is 0.413 e. The molecular weight excluding hydrogens is 779 g/mol. The van der Waals surface area contributed by atoms with Crippen molar-refractivity contribution >= 4 is 92.7 Å². The van der Waals surface area contributed by atoms with Gasteiger partial charge in [0.15, 0.2) is 21.3 Å². The fourth-order valence-corrected chi connectivity index (χ4v) is 11.1. The number of aromatic nitrogens is 3. The third kappa shape index (κ3) is 9.32. The lowest BCUT2D eigenvalue weighted by Gasteiger charge is -2.53. The molecule has 53 heavy (non-hydrogen) atoms. The first kappa shape index (κ1) is 38.6. The molecule has 2 fully saturated rings. The van der Waals surface area contributed by atoms with Crippen molar-refractivity contribution in [3.05, 3.63) is 88.4 Å². The summed E-state index contributed by atoms with van der Waals surface area (Å²) in [6.45, 7) is 5.29. The number of amides is 3. The van der Waals surface area contributed by atoms with Crippen LogP contribution in [0.5, 0.6) is 0 Å². The van der Waals surface area contributed by atoms with Crippen LogP contribution in [0.2, 0.25) is 0 Å². The van der Waals surface area contributed by atoms with Gasteiger partial charge in [-0.1, -0.05) is 88.9 Å². The molecule has 4 aromatic rings. The predicted octanol–water partition coefficient (Wildman–Crippen LogP) is 5.65. The van der Waals surface area contributed by atoms with E-state index in [2.05, 4.69) is 31.0 Å². The van der Waals surface area contributed by atoms with Crippen molar-refractivity contribution in [2.75, 3.05) is 29.8 Å². The molecule has 14 nitrogen and oxygen atoms in total. The third-order valence-electron chi connectivity index (χ3n) is 7.75. The Balaban J connectivity index is 1.16. The van der Waals surface area contributed by atoms with Crippen LogP contribution in [0.3, 0.4) is 0 Å². The second-order valence-electron chi connectivity index (χ2n) is 12.6. The molecule has 278 valence electrons. The molecule has 2 aromatic carbocycles. The number of nitrogens with one attached hydrogen (secondary N) is 2. The van der Waals surface area contributed by atoms with E-state index in [4.69, 9.17) is 14.3 Å². The van der Waals surface area contributed by atoms with Crippen molar-refractivity contribution < 1.29 is 33.5 Å². The van der Waals surface area contributed by atoms with Gasteiger partial charge in [-0.25, -0.2) is 9.78 Å². The number of ether oxygens (including phenoxy) is 2. The van der Waals surface area contributed by atoms with Gasteiger partial charge in [-0.2, -0.15) is 0 Å². The monoisotopic (exact) mass is 813 g/mol. The van der Waals surface area contributed by atoms with E-state index >= 15 is 0 Å². The standard InChI is InChI=1S/C34H35N7O7S5/c1-33(2,3)48-31(45)38-30-36-22(15-49-30)23(40-46-4)26(42)37-24-27(43)41-16-34(17-50-28(24)41,53-19-52-32-39-35-18-51-32)29(44)47-25(20-11-7-5-8-12-20)21-13-9-6-10-14-21/h5-15,18,24-25,28H,16-17,19H2,1-4H3,(H,37,42)(H,36,38,45)/b40-23-/t24?,28-,34?/m1/s1. The lowest BCUT2D eigenvalue weighted by Crippen LogP contribution is -2.75. The van der Waals surface area contributed by atoms with Crippen LogP contribution in [0.4, 0.5) is 9.93 Å².